The lowest BCUT2D eigenvalue weighted by Gasteiger charge is -2.48. The molecule has 49 heavy (non-hydrogen) atoms. The number of carbonyl (C=O) groups is 3. The van der Waals surface area contributed by atoms with Crippen LogP contribution in [0, 0.1) is 30.1 Å². The van der Waals surface area contributed by atoms with E-state index in [1.54, 1.807) is 24.4 Å². The molecule has 6 rings (SSSR count). The van der Waals surface area contributed by atoms with Crippen molar-refractivity contribution in [1.29, 1.82) is 0 Å². The largest absolute Gasteiger partial charge is 0.481 e. The molecule has 6 atom stereocenters. The SMILES string of the molecule is Cc1ccc(C(=O)NC[C@H](NC(=O)C2=CCc3ccccc3C=N2)C(=O)NC(CC(C)C)B2OC3CC4CCC(C4(C)C)[C@@](C)(C3)O2)cc1. The predicted octanol–water partition coefficient (Wildman–Crippen LogP) is 5.35. The molecule has 0 radical (unpaired) electrons. The summed E-state index contributed by atoms with van der Waals surface area (Å²) in [6.45, 7) is 13.0. The summed E-state index contributed by atoms with van der Waals surface area (Å²) < 4.78 is 13.6. The molecule has 2 aromatic rings. The Morgan fingerprint density at radius 3 is 2.51 bits per heavy atom. The molecule has 4 unspecified atom stereocenters. The Labute approximate surface area is 291 Å². The van der Waals surface area contributed by atoms with Crippen molar-refractivity contribution in [2.45, 2.75) is 104 Å². The summed E-state index contributed by atoms with van der Waals surface area (Å²) in [5.74, 6) is -0.472. The van der Waals surface area contributed by atoms with Gasteiger partial charge in [0, 0.05) is 24.4 Å². The molecule has 260 valence electrons. The van der Waals surface area contributed by atoms with Crippen LogP contribution in [0.4, 0.5) is 0 Å². The monoisotopic (exact) mass is 666 g/mol. The molecule has 0 aromatic heterocycles. The molecule has 9 nitrogen and oxygen atoms in total. The Balaban J connectivity index is 1.21. The van der Waals surface area contributed by atoms with Gasteiger partial charge in [0.2, 0.25) is 5.91 Å². The van der Waals surface area contributed by atoms with Crippen LogP contribution < -0.4 is 16.0 Å². The summed E-state index contributed by atoms with van der Waals surface area (Å²) in [5.41, 5.74) is 3.51. The molecule has 3 amide bonds. The zero-order valence-electron chi connectivity index (χ0n) is 29.8. The van der Waals surface area contributed by atoms with Gasteiger partial charge in [-0.15, -0.1) is 0 Å². The summed E-state index contributed by atoms with van der Waals surface area (Å²) in [6, 6.07) is 14.0. The van der Waals surface area contributed by atoms with Gasteiger partial charge in [0.15, 0.2) is 0 Å². The molecular weight excluding hydrogens is 615 g/mol. The number of nitrogens with zero attached hydrogens (tertiary/aromatic N) is 1. The average Bonchev–Trinajstić information content (AvgIpc) is 3.18. The first kappa shape index (κ1) is 35.1. The van der Waals surface area contributed by atoms with Gasteiger partial charge in [0.1, 0.15) is 11.7 Å². The standard InChI is InChI=1S/C39H51BN4O5/c1-24(2)19-34(40-48-30-20-29-16-18-33(38(29,4)5)39(6,21-30)49-40)44-37(47)32(23-42-35(45)27-13-11-25(3)12-14-27)43-36(46)31-17-15-26-9-7-8-10-28(26)22-41-31/h7-14,17,22,24,29-30,32-34H,15-16,18-21,23H2,1-6H3,(H,42,45)(H,43,46)(H,44,47)/t29?,30?,32-,33?,34?,39+/m0/s1. The van der Waals surface area contributed by atoms with Crippen molar-refractivity contribution in [3.8, 4) is 0 Å². The van der Waals surface area contributed by atoms with E-state index in [0.717, 1.165) is 36.0 Å². The van der Waals surface area contributed by atoms with Gasteiger partial charge in [-0.25, -0.2) is 0 Å². The number of fused-ring (bicyclic) bond motifs is 6. The van der Waals surface area contributed by atoms with Gasteiger partial charge >= 0.3 is 7.12 Å². The second-order valence-corrected chi connectivity index (χ2v) is 15.7. The number of allylic oxidation sites excluding steroid dienone is 1. The zero-order valence-corrected chi connectivity index (χ0v) is 29.8. The lowest BCUT2D eigenvalue weighted by Crippen LogP contribution is -2.63. The molecule has 2 saturated carbocycles. The van der Waals surface area contributed by atoms with E-state index in [9.17, 15) is 14.4 Å². The van der Waals surface area contributed by atoms with Crippen LogP contribution in [0.15, 0.2) is 65.3 Å². The van der Waals surface area contributed by atoms with Crippen LogP contribution in [0.3, 0.4) is 0 Å². The fourth-order valence-electron chi connectivity index (χ4n) is 8.67. The minimum absolute atomic E-state index is 0.0540. The molecule has 2 aliphatic carbocycles. The summed E-state index contributed by atoms with van der Waals surface area (Å²) in [4.78, 5) is 45.4. The lowest BCUT2D eigenvalue weighted by atomic mass is 9.66. The molecule has 3 N–H and O–H groups in total. The number of hydrogen-bond donors (Lipinski definition) is 3. The highest BCUT2D eigenvalue weighted by molar-refractivity contribution is 6.47. The van der Waals surface area contributed by atoms with Gasteiger partial charge in [-0.3, -0.25) is 19.4 Å². The fourth-order valence-corrected chi connectivity index (χ4v) is 8.67. The van der Waals surface area contributed by atoms with E-state index >= 15 is 0 Å². The maximum Gasteiger partial charge on any atom is 0.481 e. The van der Waals surface area contributed by atoms with Gasteiger partial charge in [-0.2, -0.15) is 0 Å². The topological polar surface area (TPSA) is 118 Å². The highest BCUT2D eigenvalue weighted by Crippen LogP contribution is 2.59. The highest BCUT2D eigenvalue weighted by atomic mass is 16.6. The van der Waals surface area contributed by atoms with Crippen LogP contribution >= 0.6 is 0 Å². The number of aryl methyl sites for hydroxylation is 1. The summed E-state index contributed by atoms with van der Waals surface area (Å²) in [5, 5.41) is 8.95. The first-order chi connectivity index (χ1) is 23.3. The van der Waals surface area contributed by atoms with Crippen LogP contribution in [-0.2, 0) is 25.3 Å². The molecule has 4 aliphatic rings. The van der Waals surface area contributed by atoms with Gasteiger partial charge in [-0.1, -0.05) is 69.7 Å². The van der Waals surface area contributed by atoms with E-state index in [2.05, 4.69) is 55.6 Å². The van der Waals surface area contributed by atoms with Crippen molar-refractivity contribution in [2.24, 2.45) is 28.2 Å². The first-order valence-electron chi connectivity index (χ1n) is 17.9. The third kappa shape index (κ3) is 7.70. The Hall–Kier alpha value is -3.76. The zero-order chi connectivity index (χ0) is 34.9. The van der Waals surface area contributed by atoms with Crippen molar-refractivity contribution in [2.75, 3.05) is 6.54 Å². The van der Waals surface area contributed by atoms with E-state index in [-0.39, 0.29) is 41.2 Å². The van der Waals surface area contributed by atoms with Gasteiger partial charge < -0.3 is 25.3 Å². The summed E-state index contributed by atoms with van der Waals surface area (Å²) in [7, 11) is -0.628. The van der Waals surface area contributed by atoms with E-state index in [1.165, 1.54) is 6.42 Å². The number of benzene rings is 2. The minimum atomic E-state index is -1.07. The average molecular weight is 667 g/mol. The molecule has 3 fully saturated rings. The maximum atomic E-state index is 14.2. The molecule has 1 saturated heterocycles. The van der Waals surface area contributed by atoms with Crippen LogP contribution in [0.1, 0.15) is 93.8 Å². The number of aliphatic imine (C=N–C) groups is 1. The molecular formula is C39H51BN4O5. The van der Waals surface area contributed by atoms with Gasteiger partial charge in [0.25, 0.3) is 11.8 Å². The number of hydrogen-bond acceptors (Lipinski definition) is 6. The molecule has 0 spiro atoms. The third-order valence-corrected chi connectivity index (χ3v) is 11.3. The minimum Gasteiger partial charge on any atom is -0.407 e. The number of nitrogens with one attached hydrogen (secondary N) is 3. The molecule has 4 bridgehead atoms. The number of carbonyl (C=O) groups excluding carboxylic acids is 3. The predicted molar refractivity (Wildman–Crippen MR) is 192 cm³/mol. The second-order valence-electron chi connectivity index (χ2n) is 15.7. The number of amides is 3. The molecule has 2 heterocycles. The summed E-state index contributed by atoms with van der Waals surface area (Å²) >= 11 is 0. The van der Waals surface area contributed by atoms with Gasteiger partial charge in [-0.05, 0) is 105 Å². The van der Waals surface area contributed by atoms with Crippen molar-refractivity contribution in [3.63, 3.8) is 0 Å². The third-order valence-electron chi connectivity index (χ3n) is 11.3. The van der Waals surface area contributed by atoms with E-state index in [4.69, 9.17) is 9.31 Å². The van der Waals surface area contributed by atoms with Crippen LogP contribution in [0.25, 0.3) is 0 Å². The van der Waals surface area contributed by atoms with E-state index in [0.29, 0.717) is 30.2 Å². The van der Waals surface area contributed by atoms with E-state index in [1.807, 2.05) is 43.3 Å². The maximum absolute atomic E-state index is 14.2. The lowest BCUT2D eigenvalue weighted by molar-refractivity contribution is -0.128. The Morgan fingerprint density at radius 1 is 1.00 bits per heavy atom. The highest BCUT2D eigenvalue weighted by Gasteiger charge is 2.60. The van der Waals surface area contributed by atoms with Gasteiger partial charge in [0.05, 0.1) is 11.5 Å². The van der Waals surface area contributed by atoms with Crippen molar-refractivity contribution >= 4 is 31.1 Å². The van der Waals surface area contributed by atoms with E-state index < -0.39 is 30.9 Å². The quantitative estimate of drug-likeness (QED) is 0.296. The van der Waals surface area contributed by atoms with Crippen LogP contribution in [0.2, 0.25) is 0 Å². The van der Waals surface area contributed by atoms with Crippen molar-refractivity contribution in [3.05, 3.63) is 82.6 Å². The molecule has 2 aromatic carbocycles. The first-order valence-corrected chi connectivity index (χ1v) is 17.9. The van der Waals surface area contributed by atoms with Crippen LogP contribution in [-0.4, -0.2) is 61.3 Å². The number of rotatable bonds is 10. The normalized spacial score (nSPS) is 26.5. The smallest absolute Gasteiger partial charge is 0.407 e. The summed E-state index contributed by atoms with van der Waals surface area (Å²) in [6.07, 6.45) is 8.81. The second kappa shape index (κ2) is 14.2. The fraction of sp³-hybridized carbons (Fsp3) is 0.538. The Bertz CT molecular complexity index is 1620. The van der Waals surface area contributed by atoms with Crippen molar-refractivity contribution in [1.82, 2.24) is 16.0 Å². The molecule has 10 heteroatoms. The Morgan fingerprint density at radius 2 is 1.76 bits per heavy atom. The Kier molecular flexibility index (Phi) is 10.2. The molecule has 2 aliphatic heterocycles. The van der Waals surface area contributed by atoms with Crippen molar-refractivity contribution < 1.29 is 23.7 Å². The van der Waals surface area contributed by atoms with Crippen LogP contribution in [0.5, 0.6) is 0 Å².